The maximum atomic E-state index is 11.9. The lowest BCUT2D eigenvalue weighted by Gasteiger charge is -2.15. The first-order chi connectivity index (χ1) is 8.67. The first-order valence-electron chi connectivity index (χ1n) is 6.74. The van der Waals surface area contributed by atoms with Crippen molar-refractivity contribution >= 4 is 5.91 Å². The molecule has 0 spiro atoms. The van der Waals surface area contributed by atoms with Gasteiger partial charge in [-0.3, -0.25) is 4.79 Å². The van der Waals surface area contributed by atoms with Crippen LogP contribution < -0.4 is 5.32 Å². The number of carbonyl (C=O) groups excluding carboxylic acids is 1. The predicted octanol–water partition coefficient (Wildman–Crippen LogP) is 3.34. The molecular formula is C15H23NO2. The summed E-state index contributed by atoms with van der Waals surface area (Å²) in [5.41, 5.74) is 0.514. The quantitative estimate of drug-likeness (QED) is 0.778. The molecule has 0 radical (unpaired) electrons. The molecule has 0 aromatic heterocycles. The summed E-state index contributed by atoms with van der Waals surface area (Å²) in [6.07, 6.45) is 4.64. The zero-order valence-corrected chi connectivity index (χ0v) is 11.3. The second kappa shape index (κ2) is 7.75. The van der Waals surface area contributed by atoms with Gasteiger partial charge in [-0.2, -0.15) is 0 Å². The number of hydrogen-bond acceptors (Lipinski definition) is 2. The Balaban J connectivity index is 2.44. The van der Waals surface area contributed by atoms with Gasteiger partial charge in [-0.25, -0.2) is 0 Å². The second-order valence-electron chi connectivity index (χ2n) is 4.68. The smallest absolute Gasteiger partial charge is 0.251 e. The molecule has 0 saturated heterocycles. The Hall–Kier alpha value is -1.51. The Kier molecular flexibility index (Phi) is 6.26. The van der Waals surface area contributed by atoms with Gasteiger partial charge in [-0.15, -0.1) is 0 Å². The molecule has 3 nitrogen and oxygen atoms in total. The van der Waals surface area contributed by atoms with E-state index in [1.807, 2.05) is 0 Å². The van der Waals surface area contributed by atoms with E-state index in [1.54, 1.807) is 18.2 Å². The molecule has 0 heterocycles. The standard InChI is InChI=1S/C15H23NO2/c1-3-5-7-12(4-2)11-16-15(18)13-8-6-9-14(17)10-13/h6,8-10,12,17H,3-5,7,11H2,1-2H3,(H,16,18). The van der Waals surface area contributed by atoms with Gasteiger partial charge in [0.25, 0.3) is 5.91 Å². The average Bonchev–Trinajstić information content (AvgIpc) is 2.38. The first-order valence-corrected chi connectivity index (χ1v) is 6.74. The minimum atomic E-state index is -0.110. The summed E-state index contributed by atoms with van der Waals surface area (Å²) < 4.78 is 0. The highest BCUT2D eigenvalue weighted by Crippen LogP contribution is 2.13. The summed E-state index contributed by atoms with van der Waals surface area (Å²) in [5.74, 6) is 0.563. The number of hydrogen-bond donors (Lipinski definition) is 2. The first kappa shape index (κ1) is 14.6. The molecule has 1 unspecified atom stereocenters. The Morgan fingerprint density at radius 2 is 2.17 bits per heavy atom. The molecule has 1 atom stereocenters. The van der Waals surface area contributed by atoms with Gasteiger partial charge in [0.1, 0.15) is 5.75 Å². The third kappa shape index (κ3) is 4.78. The van der Waals surface area contributed by atoms with Crippen LogP contribution in [0, 0.1) is 5.92 Å². The summed E-state index contributed by atoms with van der Waals surface area (Å²) in [6.45, 7) is 5.05. The average molecular weight is 249 g/mol. The third-order valence-corrected chi connectivity index (χ3v) is 3.20. The van der Waals surface area contributed by atoms with Crippen molar-refractivity contribution in [2.45, 2.75) is 39.5 Å². The van der Waals surface area contributed by atoms with Gasteiger partial charge < -0.3 is 10.4 Å². The highest BCUT2D eigenvalue weighted by atomic mass is 16.3. The highest BCUT2D eigenvalue weighted by molar-refractivity contribution is 5.94. The molecule has 0 saturated carbocycles. The van der Waals surface area contributed by atoms with Gasteiger partial charge in [-0.05, 0) is 30.5 Å². The number of aromatic hydroxyl groups is 1. The van der Waals surface area contributed by atoms with Crippen molar-refractivity contribution in [1.82, 2.24) is 5.32 Å². The Morgan fingerprint density at radius 3 is 2.78 bits per heavy atom. The summed E-state index contributed by atoms with van der Waals surface area (Å²) >= 11 is 0. The number of nitrogens with one attached hydrogen (secondary N) is 1. The van der Waals surface area contributed by atoms with Crippen molar-refractivity contribution < 1.29 is 9.90 Å². The second-order valence-corrected chi connectivity index (χ2v) is 4.68. The molecule has 0 aliphatic heterocycles. The van der Waals surface area contributed by atoms with Crippen LogP contribution in [0.5, 0.6) is 5.75 Å². The SMILES string of the molecule is CCCCC(CC)CNC(=O)c1cccc(O)c1. The van der Waals surface area contributed by atoms with E-state index in [1.165, 1.54) is 18.9 Å². The summed E-state index contributed by atoms with van der Waals surface area (Å²) in [7, 11) is 0. The lowest BCUT2D eigenvalue weighted by Crippen LogP contribution is -2.29. The Morgan fingerprint density at radius 1 is 1.39 bits per heavy atom. The maximum Gasteiger partial charge on any atom is 0.251 e. The summed E-state index contributed by atoms with van der Waals surface area (Å²) in [4.78, 5) is 11.9. The lowest BCUT2D eigenvalue weighted by atomic mass is 9.99. The molecule has 2 N–H and O–H groups in total. The number of phenolic OH excluding ortho intramolecular Hbond substituents is 1. The molecule has 100 valence electrons. The fraction of sp³-hybridized carbons (Fsp3) is 0.533. The van der Waals surface area contributed by atoms with Crippen LogP contribution in [0.25, 0.3) is 0 Å². The minimum absolute atomic E-state index is 0.110. The van der Waals surface area contributed by atoms with Crippen molar-refractivity contribution in [3.05, 3.63) is 29.8 Å². The van der Waals surface area contributed by atoms with Crippen LogP contribution in [0.4, 0.5) is 0 Å². The molecule has 0 aliphatic carbocycles. The predicted molar refractivity (Wildman–Crippen MR) is 73.7 cm³/mol. The zero-order valence-electron chi connectivity index (χ0n) is 11.3. The summed E-state index contributed by atoms with van der Waals surface area (Å²) in [6, 6.07) is 6.44. The van der Waals surface area contributed by atoms with E-state index in [0.29, 0.717) is 18.0 Å². The molecule has 1 aromatic carbocycles. The lowest BCUT2D eigenvalue weighted by molar-refractivity contribution is 0.0945. The molecular weight excluding hydrogens is 226 g/mol. The van der Waals surface area contributed by atoms with E-state index < -0.39 is 0 Å². The van der Waals surface area contributed by atoms with Crippen LogP contribution in [-0.2, 0) is 0 Å². The van der Waals surface area contributed by atoms with Crippen LogP contribution in [0.1, 0.15) is 49.9 Å². The van der Waals surface area contributed by atoms with Crippen LogP contribution >= 0.6 is 0 Å². The van der Waals surface area contributed by atoms with E-state index in [0.717, 1.165) is 12.8 Å². The van der Waals surface area contributed by atoms with E-state index in [2.05, 4.69) is 19.2 Å². The fourth-order valence-corrected chi connectivity index (χ4v) is 1.93. The number of unbranched alkanes of at least 4 members (excludes halogenated alkanes) is 1. The molecule has 0 aliphatic rings. The molecule has 0 bridgehead atoms. The van der Waals surface area contributed by atoms with Gasteiger partial charge in [-0.1, -0.05) is 39.2 Å². The molecule has 0 fully saturated rings. The Bertz CT molecular complexity index is 377. The van der Waals surface area contributed by atoms with Crippen LogP contribution in [0.15, 0.2) is 24.3 Å². The van der Waals surface area contributed by atoms with Crippen LogP contribution in [-0.4, -0.2) is 17.6 Å². The van der Waals surface area contributed by atoms with Crippen molar-refractivity contribution in [1.29, 1.82) is 0 Å². The number of rotatable bonds is 7. The van der Waals surface area contributed by atoms with Crippen molar-refractivity contribution in [2.75, 3.05) is 6.54 Å². The van der Waals surface area contributed by atoms with Gasteiger partial charge >= 0.3 is 0 Å². The van der Waals surface area contributed by atoms with Crippen molar-refractivity contribution in [3.8, 4) is 5.75 Å². The van der Waals surface area contributed by atoms with E-state index in [4.69, 9.17) is 0 Å². The van der Waals surface area contributed by atoms with Gasteiger partial charge in [0.15, 0.2) is 0 Å². The van der Waals surface area contributed by atoms with Crippen molar-refractivity contribution in [2.24, 2.45) is 5.92 Å². The molecule has 18 heavy (non-hydrogen) atoms. The number of amides is 1. The fourth-order valence-electron chi connectivity index (χ4n) is 1.93. The zero-order chi connectivity index (χ0) is 13.4. The monoisotopic (exact) mass is 249 g/mol. The van der Waals surface area contributed by atoms with E-state index in [9.17, 15) is 9.90 Å². The van der Waals surface area contributed by atoms with Gasteiger partial charge in [0.2, 0.25) is 0 Å². The largest absolute Gasteiger partial charge is 0.508 e. The molecule has 1 rings (SSSR count). The number of phenols is 1. The number of benzene rings is 1. The molecule has 3 heteroatoms. The third-order valence-electron chi connectivity index (χ3n) is 3.20. The van der Waals surface area contributed by atoms with Crippen molar-refractivity contribution in [3.63, 3.8) is 0 Å². The maximum absolute atomic E-state index is 11.9. The minimum Gasteiger partial charge on any atom is -0.508 e. The van der Waals surface area contributed by atoms with E-state index in [-0.39, 0.29) is 11.7 Å². The van der Waals surface area contributed by atoms with Gasteiger partial charge in [0.05, 0.1) is 0 Å². The normalized spacial score (nSPS) is 12.1. The number of carbonyl (C=O) groups is 1. The van der Waals surface area contributed by atoms with E-state index >= 15 is 0 Å². The highest BCUT2D eigenvalue weighted by Gasteiger charge is 2.10. The van der Waals surface area contributed by atoms with Gasteiger partial charge in [0, 0.05) is 12.1 Å². The van der Waals surface area contributed by atoms with Crippen LogP contribution in [0.2, 0.25) is 0 Å². The Labute approximate surface area is 109 Å². The molecule has 1 amide bonds. The topological polar surface area (TPSA) is 49.3 Å². The summed E-state index contributed by atoms with van der Waals surface area (Å²) in [5, 5.41) is 12.3. The van der Waals surface area contributed by atoms with Crippen LogP contribution in [0.3, 0.4) is 0 Å². The molecule has 1 aromatic rings.